The molecule has 0 fully saturated rings. The van der Waals surface area contributed by atoms with Crippen LogP contribution in [0.5, 0.6) is 5.75 Å². The summed E-state index contributed by atoms with van der Waals surface area (Å²) in [5.74, 6) is 0.846. The minimum absolute atomic E-state index is 0.590. The van der Waals surface area contributed by atoms with Gasteiger partial charge in [-0.3, -0.25) is 0 Å². The maximum atomic E-state index is 5.70. The molecule has 0 aliphatic rings. The van der Waals surface area contributed by atoms with Crippen molar-refractivity contribution in [2.24, 2.45) is 0 Å². The molecular weight excluding hydrogens is 210 g/mol. The van der Waals surface area contributed by atoms with E-state index in [2.05, 4.69) is 32.0 Å². The van der Waals surface area contributed by atoms with Crippen molar-refractivity contribution in [2.45, 2.75) is 20.5 Å². The molecule has 0 saturated heterocycles. The molecule has 0 spiro atoms. The smallest absolute Gasteiger partial charge is 0.119 e. The largest absolute Gasteiger partial charge is 0.489 e. The second-order valence-corrected chi connectivity index (χ2v) is 4.35. The van der Waals surface area contributed by atoms with Gasteiger partial charge in [-0.1, -0.05) is 29.3 Å². The molecule has 88 valence electrons. The lowest BCUT2D eigenvalue weighted by molar-refractivity contribution is 0.306. The van der Waals surface area contributed by atoms with Crippen LogP contribution in [0.3, 0.4) is 0 Å². The van der Waals surface area contributed by atoms with E-state index in [9.17, 15) is 0 Å². The molecule has 2 nitrogen and oxygen atoms in total. The quantitative estimate of drug-likeness (QED) is 0.815. The Balaban J connectivity index is 2.04. The molecule has 2 rings (SSSR count). The van der Waals surface area contributed by atoms with Crippen LogP contribution in [0.15, 0.2) is 42.5 Å². The first-order valence-corrected chi connectivity index (χ1v) is 5.69. The molecule has 0 bridgehead atoms. The molecule has 0 aliphatic carbocycles. The van der Waals surface area contributed by atoms with Crippen LogP contribution in [0, 0.1) is 13.8 Å². The summed E-state index contributed by atoms with van der Waals surface area (Å²) in [6.07, 6.45) is 0. The van der Waals surface area contributed by atoms with Gasteiger partial charge in [-0.25, -0.2) is 0 Å². The molecule has 0 heterocycles. The molecule has 0 unspecified atom stereocenters. The maximum absolute atomic E-state index is 5.70. The van der Waals surface area contributed by atoms with Gasteiger partial charge in [-0.15, -0.1) is 0 Å². The number of hydrogen-bond donors (Lipinski definition) is 1. The van der Waals surface area contributed by atoms with Crippen LogP contribution < -0.4 is 10.5 Å². The summed E-state index contributed by atoms with van der Waals surface area (Å²) in [6.45, 7) is 4.78. The molecule has 0 aromatic heterocycles. The zero-order valence-corrected chi connectivity index (χ0v) is 10.2. The molecular formula is C15H17NO. The number of nitrogen functional groups attached to an aromatic ring is 1. The van der Waals surface area contributed by atoms with Gasteiger partial charge < -0.3 is 10.5 Å². The van der Waals surface area contributed by atoms with Crippen molar-refractivity contribution in [1.82, 2.24) is 0 Å². The summed E-state index contributed by atoms with van der Waals surface area (Å²) in [5.41, 5.74) is 10.1. The van der Waals surface area contributed by atoms with Crippen molar-refractivity contribution < 1.29 is 4.74 Å². The third-order valence-corrected chi connectivity index (χ3v) is 2.57. The molecule has 0 aliphatic heterocycles. The predicted molar refractivity (Wildman–Crippen MR) is 71.1 cm³/mol. The van der Waals surface area contributed by atoms with E-state index in [1.165, 1.54) is 16.7 Å². The van der Waals surface area contributed by atoms with Gasteiger partial charge in [-0.05, 0) is 43.7 Å². The molecule has 0 atom stereocenters. The van der Waals surface area contributed by atoms with Crippen LogP contribution in [0.25, 0.3) is 0 Å². The zero-order valence-electron chi connectivity index (χ0n) is 10.2. The Kier molecular flexibility index (Phi) is 3.33. The molecule has 2 aromatic carbocycles. The van der Waals surface area contributed by atoms with Crippen molar-refractivity contribution in [2.75, 3.05) is 5.73 Å². The molecule has 2 N–H and O–H groups in total. The van der Waals surface area contributed by atoms with Crippen molar-refractivity contribution in [1.29, 1.82) is 0 Å². The number of ether oxygens (including phenoxy) is 1. The van der Waals surface area contributed by atoms with Gasteiger partial charge in [-0.2, -0.15) is 0 Å². The van der Waals surface area contributed by atoms with Gasteiger partial charge in [0.1, 0.15) is 12.4 Å². The lowest BCUT2D eigenvalue weighted by Gasteiger charge is -2.08. The second kappa shape index (κ2) is 4.91. The highest BCUT2D eigenvalue weighted by atomic mass is 16.5. The van der Waals surface area contributed by atoms with Gasteiger partial charge in [0.05, 0.1) is 0 Å². The Bertz CT molecular complexity index is 483. The number of benzene rings is 2. The first-order chi connectivity index (χ1) is 8.13. The molecule has 0 radical (unpaired) electrons. The SMILES string of the molecule is Cc1cc(C)cc(COc2ccc(N)cc2)c1. The molecule has 0 amide bonds. The highest BCUT2D eigenvalue weighted by Crippen LogP contribution is 2.16. The van der Waals surface area contributed by atoms with Gasteiger partial charge >= 0.3 is 0 Å². The van der Waals surface area contributed by atoms with E-state index in [4.69, 9.17) is 10.5 Å². The average molecular weight is 227 g/mol. The third kappa shape index (κ3) is 3.25. The molecule has 2 aromatic rings. The Labute approximate surface area is 102 Å². The molecule has 2 heteroatoms. The van der Waals surface area contributed by atoms with Crippen molar-refractivity contribution in [3.63, 3.8) is 0 Å². The van der Waals surface area contributed by atoms with E-state index in [0.29, 0.717) is 6.61 Å². The Morgan fingerprint density at radius 3 is 2.12 bits per heavy atom. The fraction of sp³-hybridized carbons (Fsp3) is 0.200. The van der Waals surface area contributed by atoms with Crippen LogP contribution in [-0.4, -0.2) is 0 Å². The maximum Gasteiger partial charge on any atom is 0.119 e. The van der Waals surface area contributed by atoms with Crippen LogP contribution in [0.2, 0.25) is 0 Å². The predicted octanol–water partition coefficient (Wildman–Crippen LogP) is 3.46. The topological polar surface area (TPSA) is 35.2 Å². The number of hydrogen-bond acceptors (Lipinski definition) is 2. The summed E-state index contributed by atoms with van der Waals surface area (Å²) in [4.78, 5) is 0. The van der Waals surface area contributed by atoms with E-state index in [-0.39, 0.29) is 0 Å². The van der Waals surface area contributed by atoms with Gasteiger partial charge in [0.2, 0.25) is 0 Å². The van der Waals surface area contributed by atoms with E-state index in [1.54, 1.807) is 0 Å². The zero-order chi connectivity index (χ0) is 12.3. The van der Waals surface area contributed by atoms with Crippen LogP contribution in [-0.2, 0) is 6.61 Å². The van der Waals surface area contributed by atoms with Crippen LogP contribution >= 0.6 is 0 Å². The third-order valence-electron chi connectivity index (χ3n) is 2.57. The second-order valence-electron chi connectivity index (χ2n) is 4.35. The first kappa shape index (κ1) is 11.5. The van der Waals surface area contributed by atoms with E-state index >= 15 is 0 Å². The summed E-state index contributed by atoms with van der Waals surface area (Å²) in [5, 5.41) is 0. The number of rotatable bonds is 3. The minimum Gasteiger partial charge on any atom is -0.489 e. The summed E-state index contributed by atoms with van der Waals surface area (Å²) in [7, 11) is 0. The standard InChI is InChI=1S/C15H17NO/c1-11-7-12(2)9-13(8-11)10-17-15-5-3-14(16)4-6-15/h3-9H,10,16H2,1-2H3. The Morgan fingerprint density at radius 1 is 0.941 bits per heavy atom. The van der Waals surface area contributed by atoms with Gasteiger partial charge in [0.25, 0.3) is 0 Å². The fourth-order valence-corrected chi connectivity index (χ4v) is 1.88. The van der Waals surface area contributed by atoms with Crippen molar-refractivity contribution in [3.05, 3.63) is 59.2 Å². The van der Waals surface area contributed by atoms with Crippen molar-refractivity contribution in [3.8, 4) is 5.75 Å². The van der Waals surface area contributed by atoms with E-state index in [0.717, 1.165) is 11.4 Å². The number of nitrogens with two attached hydrogens (primary N) is 1. The monoisotopic (exact) mass is 227 g/mol. The van der Waals surface area contributed by atoms with E-state index in [1.807, 2.05) is 24.3 Å². The van der Waals surface area contributed by atoms with Crippen molar-refractivity contribution >= 4 is 5.69 Å². The Morgan fingerprint density at radius 2 is 1.53 bits per heavy atom. The van der Waals surface area contributed by atoms with Gasteiger partial charge in [0.15, 0.2) is 0 Å². The van der Waals surface area contributed by atoms with E-state index < -0.39 is 0 Å². The minimum atomic E-state index is 0.590. The number of anilines is 1. The fourth-order valence-electron chi connectivity index (χ4n) is 1.88. The number of aryl methyl sites for hydroxylation is 2. The summed E-state index contributed by atoms with van der Waals surface area (Å²) < 4.78 is 5.70. The van der Waals surface area contributed by atoms with Crippen LogP contribution in [0.1, 0.15) is 16.7 Å². The normalized spacial score (nSPS) is 10.2. The van der Waals surface area contributed by atoms with Gasteiger partial charge in [0, 0.05) is 5.69 Å². The van der Waals surface area contributed by atoms with Crippen LogP contribution in [0.4, 0.5) is 5.69 Å². The lowest BCUT2D eigenvalue weighted by atomic mass is 10.1. The Hall–Kier alpha value is -1.96. The first-order valence-electron chi connectivity index (χ1n) is 5.69. The lowest BCUT2D eigenvalue weighted by Crippen LogP contribution is -1.96. The highest BCUT2D eigenvalue weighted by Gasteiger charge is 1.98. The highest BCUT2D eigenvalue weighted by molar-refractivity contribution is 5.41. The average Bonchev–Trinajstić information content (AvgIpc) is 2.27. The summed E-state index contributed by atoms with van der Waals surface area (Å²) >= 11 is 0. The molecule has 17 heavy (non-hydrogen) atoms. The summed E-state index contributed by atoms with van der Waals surface area (Å²) in [6, 6.07) is 13.9. The molecule has 0 saturated carbocycles.